The summed E-state index contributed by atoms with van der Waals surface area (Å²) in [6.07, 6.45) is 1.43. The zero-order chi connectivity index (χ0) is 8.55. The van der Waals surface area contributed by atoms with Crippen LogP contribution in [0, 0.1) is 0 Å². The average Bonchev–Trinajstić information content (AvgIpc) is 2.52. The lowest BCUT2D eigenvalue weighted by Gasteiger charge is -1.92. The van der Waals surface area contributed by atoms with Gasteiger partial charge < -0.3 is 4.98 Å². The highest BCUT2D eigenvalue weighted by Gasteiger charge is 2.03. The summed E-state index contributed by atoms with van der Waals surface area (Å²) in [5.74, 6) is 0.628. The molecule has 0 fully saturated rings. The smallest absolute Gasteiger partial charge is 0.262 e. The topological polar surface area (TPSA) is 74.4 Å². The Balaban J connectivity index is 2.84. The molecule has 0 saturated heterocycles. The molecule has 0 radical (unpaired) electrons. The van der Waals surface area contributed by atoms with Crippen molar-refractivity contribution in [2.75, 3.05) is 0 Å². The Bertz CT molecular complexity index is 460. The van der Waals surface area contributed by atoms with Crippen LogP contribution in [-0.4, -0.2) is 20.2 Å². The van der Waals surface area contributed by atoms with Crippen LogP contribution in [-0.2, 0) is 5.88 Å². The van der Waals surface area contributed by atoms with Gasteiger partial charge in [-0.2, -0.15) is 5.10 Å². The Labute approximate surface area is 71.8 Å². The predicted molar refractivity (Wildman–Crippen MR) is 44.1 cm³/mol. The van der Waals surface area contributed by atoms with Crippen molar-refractivity contribution in [1.82, 2.24) is 20.2 Å². The lowest BCUT2D eigenvalue weighted by Crippen LogP contribution is -2.09. The lowest BCUT2D eigenvalue weighted by molar-refractivity contribution is 1.01. The molecule has 0 amide bonds. The van der Waals surface area contributed by atoms with E-state index in [0.717, 1.165) is 0 Å². The van der Waals surface area contributed by atoms with Crippen molar-refractivity contribution in [2.24, 2.45) is 0 Å². The first-order valence-corrected chi connectivity index (χ1v) is 3.83. The third-order valence-corrected chi connectivity index (χ3v) is 1.75. The minimum Gasteiger partial charge on any atom is -0.309 e. The molecule has 0 saturated carbocycles. The number of nitrogens with one attached hydrogen (secondary N) is 2. The highest BCUT2D eigenvalue weighted by atomic mass is 35.5. The maximum atomic E-state index is 11.2. The van der Waals surface area contributed by atoms with Gasteiger partial charge in [0.1, 0.15) is 11.2 Å². The third-order valence-electron chi connectivity index (χ3n) is 1.50. The molecule has 5 nitrogen and oxygen atoms in total. The Kier molecular flexibility index (Phi) is 1.58. The van der Waals surface area contributed by atoms with E-state index in [1.165, 1.54) is 6.20 Å². The number of H-pyrrole nitrogens is 2. The van der Waals surface area contributed by atoms with Gasteiger partial charge >= 0.3 is 0 Å². The number of aromatic amines is 2. The third kappa shape index (κ3) is 0.984. The molecule has 0 bridgehead atoms. The summed E-state index contributed by atoms with van der Waals surface area (Å²) in [7, 11) is 0. The molecule has 0 spiro atoms. The fourth-order valence-corrected chi connectivity index (χ4v) is 1.08. The number of halogens is 1. The quantitative estimate of drug-likeness (QED) is 0.630. The Morgan fingerprint density at radius 3 is 3.17 bits per heavy atom. The zero-order valence-corrected chi connectivity index (χ0v) is 6.72. The molecule has 62 valence electrons. The monoisotopic (exact) mass is 184 g/mol. The molecule has 2 heterocycles. The first-order chi connectivity index (χ1) is 5.81. The van der Waals surface area contributed by atoms with E-state index in [2.05, 4.69) is 20.2 Å². The van der Waals surface area contributed by atoms with Gasteiger partial charge in [-0.05, 0) is 0 Å². The van der Waals surface area contributed by atoms with Gasteiger partial charge in [-0.1, -0.05) is 0 Å². The minimum absolute atomic E-state index is 0.185. The maximum absolute atomic E-state index is 11.2. The number of aromatic nitrogens is 4. The molecule has 12 heavy (non-hydrogen) atoms. The maximum Gasteiger partial charge on any atom is 0.262 e. The molecular formula is C6H5ClN4O. The molecule has 0 aliphatic carbocycles. The van der Waals surface area contributed by atoms with Crippen LogP contribution in [0.4, 0.5) is 0 Å². The number of rotatable bonds is 1. The first-order valence-electron chi connectivity index (χ1n) is 3.29. The molecule has 2 rings (SSSR count). The number of nitrogens with zero attached hydrogens (tertiary/aromatic N) is 2. The van der Waals surface area contributed by atoms with Crippen molar-refractivity contribution < 1.29 is 0 Å². The molecule has 0 atom stereocenters. The van der Waals surface area contributed by atoms with Crippen LogP contribution in [0.25, 0.3) is 11.0 Å². The Morgan fingerprint density at radius 1 is 1.58 bits per heavy atom. The van der Waals surface area contributed by atoms with E-state index in [4.69, 9.17) is 11.6 Å². The standard InChI is InChI=1S/C6H5ClN4O/c7-1-4-9-5-3(2-8-11-5)6(12)10-4/h2H,1H2,(H2,8,9,10,11,12). The van der Waals surface area contributed by atoms with Crippen molar-refractivity contribution in [2.45, 2.75) is 5.88 Å². The summed E-state index contributed by atoms with van der Waals surface area (Å²) in [5, 5.41) is 6.73. The second-order valence-electron chi connectivity index (χ2n) is 2.28. The first kappa shape index (κ1) is 7.30. The predicted octanol–water partition coefficient (Wildman–Crippen LogP) is 0.385. The SMILES string of the molecule is O=c1[nH]c(CCl)nc2[nH]ncc12. The summed E-state index contributed by atoms with van der Waals surface area (Å²) in [6, 6.07) is 0. The van der Waals surface area contributed by atoms with Gasteiger partial charge in [-0.15, -0.1) is 11.6 Å². The summed E-state index contributed by atoms with van der Waals surface area (Å²) in [4.78, 5) is 17.7. The fraction of sp³-hybridized carbons (Fsp3) is 0.167. The van der Waals surface area contributed by atoms with E-state index < -0.39 is 0 Å². The summed E-state index contributed by atoms with van der Waals surface area (Å²) in [6.45, 7) is 0. The number of fused-ring (bicyclic) bond motifs is 1. The van der Waals surface area contributed by atoms with E-state index in [0.29, 0.717) is 16.9 Å². The largest absolute Gasteiger partial charge is 0.309 e. The Hall–Kier alpha value is -1.36. The van der Waals surface area contributed by atoms with E-state index >= 15 is 0 Å². The number of alkyl halides is 1. The van der Waals surface area contributed by atoms with Gasteiger partial charge in [0.15, 0.2) is 5.65 Å². The summed E-state index contributed by atoms with van der Waals surface area (Å²) >= 11 is 5.50. The van der Waals surface area contributed by atoms with Gasteiger partial charge in [0, 0.05) is 0 Å². The fourth-order valence-electron chi connectivity index (χ4n) is 0.955. The number of hydrogen-bond donors (Lipinski definition) is 2. The van der Waals surface area contributed by atoms with Gasteiger partial charge in [0.2, 0.25) is 0 Å². The second-order valence-corrected chi connectivity index (χ2v) is 2.55. The van der Waals surface area contributed by atoms with E-state index in [1.807, 2.05) is 0 Å². The average molecular weight is 185 g/mol. The Morgan fingerprint density at radius 2 is 2.42 bits per heavy atom. The lowest BCUT2D eigenvalue weighted by atomic mass is 10.4. The molecule has 2 aromatic rings. The van der Waals surface area contributed by atoms with Crippen LogP contribution >= 0.6 is 11.6 Å². The van der Waals surface area contributed by atoms with Crippen molar-refractivity contribution in [3.8, 4) is 0 Å². The highest BCUT2D eigenvalue weighted by molar-refractivity contribution is 6.16. The molecular weight excluding hydrogens is 180 g/mol. The zero-order valence-electron chi connectivity index (χ0n) is 5.97. The molecule has 0 aliphatic heterocycles. The van der Waals surface area contributed by atoms with Crippen LogP contribution < -0.4 is 5.56 Å². The van der Waals surface area contributed by atoms with Crippen molar-refractivity contribution in [3.63, 3.8) is 0 Å². The molecule has 2 aromatic heterocycles. The molecule has 6 heteroatoms. The highest BCUT2D eigenvalue weighted by Crippen LogP contribution is 2.01. The van der Waals surface area contributed by atoms with Crippen molar-refractivity contribution >= 4 is 22.6 Å². The van der Waals surface area contributed by atoms with Crippen LogP contribution in [0.15, 0.2) is 11.0 Å². The van der Waals surface area contributed by atoms with Gasteiger partial charge in [0.25, 0.3) is 5.56 Å². The normalized spacial score (nSPS) is 10.8. The van der Waals surface area contributed by atoms with Gasteiger partial charge in [-0.3, -0.25) is 9.89 Å². The van der Waals surface area contributed by atoms with Crippen LogP contribution in [0.2, 0.25) is 0 Å². The second kappa shape index (κ2) is 2.60. The van der Waals surface area contributed by atoms with E-state index in [1.54, 1.807) is 0 Å². The minimum atomic E-state index is -0.218. The van der Waals surface area contributed by atoms with E-state index in [-0.39, 0.29) is 11.4 Å². The van der Waals surface area contributed by atoms with Crippen LogP contribution in [0.1, 0.15) is 5.82 Å². The molecule has 0 aromatic carbocycles. The van der Waals surface area contributed by atoms with E-state index in [9.17, 15) is 4.79 Å². The van der Waals surface area contributed by atoms with Crippen molar-refractivity contribution in [3.05, 3.63) is 22.4 Å². The summed E-state index contributed by atoms with van der Waals surface area (Å²) in [5.41, 5.74) is 0.249. The van der Waals surface area contributed by atoms with Gasteiger partial charge in [0.05, 0.1) is 12.1 Å². The van der Waals surface area contributed by atoms with Crippen LogP contribution in [0.3, 0.4) is 0 Å². The molecule has 2 N–H and O–H groups in total. The number of hydrogen-bond acceptors (Lipinski definition) is 3. The van der Waals surface area contributed by atoms with Crippen molar-refractivity contribution in [1.29, 1.82) is 0 Å². The van der Waals surface area contributed by atoms with Gasteiger partial charge in [-0.25, -0.2) is 4.98 Å². The van der Waals surface area contributed by atoms with Crippen LogP contribution in [0.5, 0.6) is 0 Å². The molecule has 0 aliphatic rings. The molecule has 0 unspecified atom stereocenters. The summed E-state index contributed by atoms with van der Waals surface area (Å²) < 4.78 is 0.